The van der Waals surface area contributed by atoms with E-state index in [1.165, 1.54) is 10.6 Å². The first kappa shape index (κ1) is 14.3. The third-order valence-electron chi connectivity index (χ3n) is 3.96. The number of nitrogens with two attached hydrogens (primary N) is 1. The van der Waals surface area contributed by atoms with Gasteiger partial charge in [0.2, 0.25) is 0 Å². The second-order valence-electron chi connectivity index (χ2n) is 5.43. The highest BCUT2D eigenvalue weighted by Gasteiger charge is 2.06. The molecule has 0 bridgehead atoms. The van der Waals surface area contributed by atoms with Gasteiger partial charge in [-0.15, -0.1) is 0 Å². The number of fused-ring (bicyclic) bond motifs is 1. The second-order valence-corrected chi connectivity index (χ2v) is 5.43. The molecule has 2 heterocycles. The Balaban J connectivity index is 2.14. The molecule has 3 aromatic rings. The van der Waals surface area contributed by atoms with E-state index in [0.29, 0.717) is 0 Å². The molecule has 0 saturated carbocycles. The smallest absolute Gasteiger partial charge is 0.0797 e. The molecule has 1 aromatic carbocycles. The van der Waals surface area contributed by atoms with E-state index >= 15 is 0 Å². The lowest BCUT2D eigenvalue weighted by Gasteiger charge is -2.08. The monoisotopic (exact) mass is 294 g/mol. The maximum atomic E-state index is 6.03. The normalized spacial score (nSPS) is 13.2. The van der Waals surface area contributed by atoms with Crippen LogP contribution in [0.2, 0.25) is 0 Å². The van der Waals surface area contributed by atoms with Crippen LogP contribution in [0, 0.1) is 0 Å². The third-order valence-corrected chi connectivity index (χ3v) is 3.96. The summed E-state index contributed by atoms with van der Waals surface area (Å²) in [6, 6.07) is 8.01. The van der Waals surface area contributed by atoms with Crippen molar-refractivity contribution < 1.29 is 0 Å². The third kappa shape index (κ3) is 2.26. The molecule has 0 atom stereocenters. The highest BCUT2D eigenvalue weighted by atomic mass is 15.4. The molecule has 114 valence electrons. The molecule has 0 fully saturated rings. The zero-order valence-corrected chi connectivity index (χ0v) is 13.3. The summed E-state index contributed by atoms with van der Waals surface area (Å²) in [4.78, 5) is 0. The number of aromatic nitrogens is 2. The number of benzene rings is 1. The van der Waals surface area contributed by atoms with Crippen LogP contribution >= 0.6 is 0 Å². The van der Waals surface area contributed by atoms with Crippen molar-refractivity contribution in [3.05, 3.63) is 47.2 Å². The Morgan fingerprint density at radius 2 is 2.09 bits per heavy atom. The van der Waals surface area contributed by atoms with Gasteiger partial charge in [-0.1, -0.05) is 25.1 Å². The van der Waals surface area contributed by atoms with E-state index in [0.717, 1.165) is 28.7 Å². The molecule has 0 aliphatic heterocycles. The number of nitrogens with one attached hydrogen (secondary N) is 1. The number of rotatable bonds is 3. The highest BCUT2D eigenvalue weighted by molar-refractivity contribution is 5.91. The predicted octanol–water partition coefficient (Wildman–Crippen LogP) is 2.43. The Bertz CT molecular complexity index is 928. The summed E-state index contributed by atoms with van der Waals surface area (Å²) in [6.07, 6.45) is 9.52. The molecular formula is C18H22N4. The van der Waals surface area contributed by atoms with Crippen molar-refractivity contribution in [3.8, 4) is 0 Å². The minimum Gasteiger partial charge on any atom is -0.398 e. The van der Waals surface area contributed by atoms with E-state index in [9.17, 15) is 0 Å². The van der Waals surface area contributed by atoms with Crippen molar-refractivity contribution in [3.63, 3.8) is 0 Å². The molecule has 4 heteroatoms. The molecule has 3 rings (SSSR count). The molecule has 0 spiro atoms. The number of nitrogen functional groups attached to an aromatic ring is 1. The van der Waals surface area contributed by atoms with Gasteiger partial charge in [-0.05, 0) is 31.5 Å². The second kappa shape index (κ2) is 5.64. The molecular weight excluding hydrogens is 272 g/mol. The van der Waals surface area contributed by atoms with Crippen LogP contribution in [-0.4, -0.2) is 9.24 Å². The average molecular weight is 294 g/mol. The summed E-state index contributed by atoms with van der Waals surface area (Å²) >= 11 is 0. The lowest BCUT2D eigenvalue weighted by atomic mass is 10.2. The molecule has 0 unspecified atom stereocenters. The van der Waals surface area contributed by atoms with Gasteiger partial charge in [-0.3, -0.25) is 10.1 Å². The van der Waals surface area contributed by atoms with Crippen LogP contribution in [0.3, 0.4) is 0 Å². The van der Waals surface area contributed by atoms with Gasteiger partial charge in [-0.2, -0.15) is 0 Å². The molecule has 2 aromatic heterocycles. The van der Waals surface area contributed by atoms with Crippen LogP contribution in [0.4, 0.5) is 11.4 Å². The van der Waals surface area contributed by atoms with Gasteiger partial charge >= 0.3 is 0 Å². The summed E-state index contributed by atoms with van der Waals surface area (Å²) in [5, 5.41) is 3.52. The predicted molar refractivity (Wildman–Crippen MR) is 94.9 cm³/mol. The number of aryl methyl sites for hydroxylation is 1. The van der Waals surface area contributed by atoms with Crippen LogP contribution in [0.25, 0.3) is 23.1 Å². The Morgan fingerprint density at radius 3 is 2.82 bits per heavy atom. The van der Waals surface area contributed by atoms with Gasteiger partial charge in [0.05, 0.1) is 11.2 Å². The van der Waals surface area contributed by atoms with Gasteiger partial charge in [0.1, 0.15) is 0 Å². The Morgan fingerprint density at radius 1 is 1.27 bits per heavy atom. The number of nitrogens with zero attached hydrogens (tertiary/aromatic N) is 2. The summed E-state index contributed by atoms with van der Waals surface area (Å²) in [6.45, 7) is 4.22. The zero-order valence-electron chi connectivity index (χ0n) is 13.3. The molecule has 0 aliphatic rings. The van der Waals surface area contributed by atoms with Crippen molar-refractivity contribution in [1.29, 1.82) is 0 Å². The van der Waals surface area contributed by atoms with Gasteiger partial charge in [0, 0.05) is 41.1 Å². The van der Waals surface area contributed by atoms with Crippen LogP contribution in [0.1, 0.15) is 20.3 Å². The van der Waals surface area contributed by atoms with E-state index < -0.39 is 0 Å². The lowest BCUT2D eigenvalue weighted by Crippen LogP contribution is -2.29. The van der Waals surface area contributed by atoms with Gasteiger partial charge in [0.25, 0.3) is 0 Å². The topological polar surface area (TPSA) is 47.9 Å². The van der Waals surface area contributed by atoms with Crippen LogP contribution in [0.15, 0.2) is 36.7 Å². The lowest BCUT2D eigenvalue weighted by molar-refractivity contribution is 0.886. The maximum Gasteiger partial charge on any atom is 0.0797 e. The Labute approximate surface area is 130 Å². The molecule has 0 aliphatic carbocycles. The number of anilines is 2. The summed E-state index contributed by atoms with van der Waals surface area (Å²) in [5.41, 5.74) is 12.5. The van der Waals surface area contributed by atoms with Crippen molar-refractivity contribution in [2.24, 2.45) is 7.05 Å². The standard InChI is InChI=1S/C18H22N4/c1-4-7-14-16(12-21(3)17(14)5-2)20-22-11-10-13-15(19)8-6-9-18(13)22/h5-12,20H,4,19H2,1-3H3/b14-7-,17-5+. The quantitative estimate of drug-likeness (QED) is 0.729. The van der Waals surface area contributed by atoms with E-state index in [2.05, 4.69) is 55.3 Å². The van der Waals surface area contributed by atoms with Crippen LogP contribution in [0.5, 0.6) is 0 Å². The van der Waals surface area contributed by atoms with E-state index in [1.807, 2.05) is 29.1 Å². The van der Waals surface area contributed by atoms with Crippen LogP contribution in [-0.2, 0) is 7.05 Å². The van der Waals surface area contributed by atoms with Gasteiger partial charge < -0.3 is 10.3 Å². The fourth-order valence-electron chi connectivity index (χ4n) is 2.95. The Hall–Kier alpha value is -2.62. The maximum absolute atomic E-state index is 6.03. The number of hydrogen-bond acceptors (Lipinski definition) is 2. The SMILES string of the molecule is C/C=c1\c(=C/CC)c(Nn2ccc3c(N)cccc32)cn1C. The molecule has 22 heavy (non-hydrogen) atoms. The molecule has 4 nitrogen and oxygen atoms in total. The van der Waals surface area contributed by atoms with Crippen molar-refractivity contribution in [1.82, 2.24) is 9.24 Å². The van der Waals surface area contributed by atoms with Crippen molar-refractivity contribution in [2.45, 2.75) is 20.3 Å². The summed E-state index contributed by atoms with van der Waals surface area (Å²) < 4.78 is 4.16. The minimum atomic E-state index is 0.800. The minimum absolute atomic E-state index is 0.800. The molecule has 3 N–H and O–H groups in total. The molecule has 0 saturated heterocycles. The van der Waals surface area contributed by atoms with E-state index in [-0.39, 0.29) is 0 Å². The molecule has 0 amide bonds. The fraction of sp³-hybridized carbons (Fsp3) is 0.222. The van der Waals surface area contributed by atoms with Gasteiger partial charge in [0.15, 0.2) is 0 Å². The summed E-state index contributed by atoms with van der Waals surface area (Å²) in [5.74, 6) is 0. The van der Waals surface area contributed by atoms with Crippen molar-refractivity contribution >= 4 is 34.4 Å². The first-order chi connectivity index (χ1) is 10.7. The van der Waals surface area contributed by atoms with E-state index in [1.54, 1.807) is 0 Å². The van der Waals surface area contributed by atoms with Crippen LogP contribution < -0.4 is 21.7 Å². The number of hydrogen-bond donors (Lipinski definition) is 2. The van der Waals surface area contributed by atoms with Crippen molar-refractivity contribution in [2.75, 3.05) is 11.2 Å². The Kier molecular flexibility index (Phi) is 3.67. The van der Waals surface area contributed by atoms with E-state index in [4.69, 9.17) is 5.73 Å². The zero-order chi connectivity index (χ0) is 15.7. The summed E-state index contributed by atoms with van der Waals surface area (Å²) in [7, 11) is 2.07. The average Bonchev–Trinajstić information content (AvgIpc) is 3.03. The first-order valence-corrected chi connectivity index (χ1v) is 7.60. The fourth-order valence-corrected chi connectivity index (χ4v) is 2.95. The first-order valence-electron chi connectivity index (χ1n) is 7.60. The van der Waals surface area contributed by atoms with Gasteiger partial charge in [-0.25, -0.2) is 0 Å². The molecule has 0 radical (unpaired) electrons. The highest BCUT2D eigenvalue weighted by Crippen LogP contribution is 2.21. The largest absolute Gasteiger partial charge is 0.398 e.